The summed E-state index contributed by atoms with van der Waals surface area (Å²) in [6.45, 7) is 4.20. The van der Waals surface area contributed by atoms with Gasteiger partial charge in [0.2, 0.25) is 0 Å². The largest absolute Gasteiger partial charge is 0.495 e. The van der Waals surface area contributed by atoms with Gasteiger partial charge in [0.05, 0.1) is 18.8 Å². The summed E-state index contributed by atoms with van der Waals surface area (Å²) in [6.07, 6.45) is 2.51. The average Bonchev–Trinajstić information content (AvgIpc) is 2.37. The van der Waals surface area contributed by atoms with Crippen LogP contribution < -0.4 is 10.5 Å². The third-order valence-electron chi connectivity index (χ3n) is 3.11. The van der Waals surface area contributed by atoms with Crippen molar-refractivity contribution in [3.05, 3.63) is 58.9 Å². The fraction of sp³-hybridized carbons (Fsp3) is 0.312. The molecule has 1 unspecified atom stereocenters. The predicted molar refractivity (Wildman–Crippen MR) is 77.3 cm³/mol. The van der Waals surface area contributed by atoms with Gasteiger partial charge in [0, 0.05) is 6.20 Å². The van der Waals surface area contributed by atoms with Crippen LogP contribution in [-0.2, 0) is 6.42 Å². The monoisotopic (exact) mass is 256 g/mol. The van der Waals surface area contributed by atoms with Crippen molar-refractivity contribution < 1.29 is 4.74 Å². The Morgan fingerprint density at radius 2 is 1.89 bits per heavy atom. The average molecular weight is 256 g/mol. The molecule has 0 aliphatic rings. The molecule has 2 N–H and O–H groups in total. The molecule has 1 heterocycles. The second kappa shape index (κ2) is 5.85. The molecule has 0 saturated heterocycles. The van der Waals surface area contributed by atoms with E-state index in [1.165, 1.54) is 16.7 Å². The molecule has 0 amide bonds. The third-order valence-corrected chi connectivity index (χ3v) is 3.11. The molecule has 0 spiro atoms. The Balaban J connectivity index is 2.22. The van der Waals surface area contributed by atoms with E-state index in [2.05, 4.69) is 37.0 Å². The van der Waals surface area contributed by atoms with Gasteiger partial charge in [-0.05, 0) is 38.0 Å². The van der Waals surface area contributed by atoms with Crippen molar-refractivity contribution in [1.82, 2.24) is 4.98 Å². The molecule has 1 aromatic carbocycles. The lowest BCUT2D eigenvalue weighted by atomic mass is 9.99. The van der Waals surface area contributed by atoms with Gasteiger partial charge in [-0.1, -0.05) is 29.3 Å². The Bertz CT molecular complexity index is 546. The summed E-state index contributed by atoms with van der Waals surface area (Å²) in [7, 11) is 1.64. The highest BCUT2D eigenvalue weighted by Gasteiger charge is 2.14. The van der Waals surface area contributed by atoms with Crippen LogP contribution in [0.5, 0.6) is 5.75 Å². The minimum atomic E-state index is -0.155. The molecule has 1 aromatic heterocycles. The van der Waals surface area contributed by atoms with Gasteiger partial charge in [-0.15, -0.1) is 0 Å². The first kappa shape index (κ1) is 13.6. The molecule has 0 bridgehead atoms. The topological polar surface area (TPSA) is 48.1 Å². The summed E-state index contributed by atoms with van der Waals surface area (Å²) in [5.41, 5.74) is 10.8. The van der Waals surface area contributed by atoms with Crippen LogP contribution in [0, 0.1) is 13.8 Å². The zero-order valence-electron chi connectivity index (χ0n) is 11.7. The SMILES string of the molecule is COc1cccnc1C(N)Cc1cc(C)cc(C)c1. The van der Waals surface area contributed by atoms with Gasteiger partial charge < -0.3 is 10.5 Å². The Morgan fingerprint density at radius 3 is 2.53 bits per heavy atom. The fourth-order valence-electron chi connectivity index (χ4n) is 2.39. The number of aromatic nitrogens is 1. The number of nitrogens with two attached hydrogens (primary N) is 1. The minimum Gasteiger partial charge on any atom is -0.495 e. The Hall–Kier alpha value is -1.87. The van der Waals surface area contributed by atoms with E-state index in [0.717, 1.165) is 17.9 Å². The Labute approximate surface area is 114 Å². The van der Waals surface area contributed by atoms with Crippen molar-refractivity contribution in [3.8, 4) is 5.75 Å². The van der Waals surface area contributed by atoms with E-state index in [1.54, 1.807) is 13.3 Å². The fourth-order valence-corrected chi connectivity index (χ4v) is 2.39. The molecule has 0 aliphatic heterocycles. The lowest BCUT2D eigenvalue weighted by molar-refractivity contribution is 0.401. The minimum absolute atomic E-state index is 0.155. The molecule has 100 valence electrons. The van der Waals surface area contributed by atoms with Crippen LogP contribution in [-0.4, -0.2) is 12.1 Å². The highest BCUT2D eigenvalue weighted by Crippen LogP contribution is 2.24. The number of ether oxygens (including phenoxy) is 1. The molecular weight excluding hydrogens is 236 g/mol. The number of methoxy groups -OCH3 is 1. The van der Waals surface area contributed by atoms with E-state index in [0.29, 0.717) is 0 Å². The number of nitrogens with zero attached hydrogens (tertiary/aromatic N) is 1. The summed E-state index contributed by atoms with van der Waals surface area (Å²) in [5.74, 6) is 0.749. The number of hydrogen-bond donors (Lipinski definition) is 1. The van der Waals surface area contributed by atoms with Gasteiger partial charge in [0.1, 0.15) is 5.75 Å². The first-order valence-electron chi connectivity index (χ1n) is 6.42. The van der Waals surface area contributed by atoms with Crippen molar-refractivity contribution in [3.63, 3.8) is 0 Å². The normalized spacial score (nSPS) is 12.2. The second-order valence-electron chi connectivity index (χ2n) is 4.90. The van der Waals surface area contributed by atoms with E-state index >= 15 is 0 Å². The molecular formula is C16H20N2O. The number of pyridine rings is 1. The Kier molecular flexibility index (Phi) is 4.17. The van der Waals surface area contributed by atoms with Crippen LogP contribution >= 0.6 is 0 Å². The summed E-state index contributed by atoms with van der Waals surface area (Å²) >= 11 is 0. The van der Waals surface area contributed by atoms with Crippen LogP contribution in [0.3, 0.4) is 0 Å². The van der Waals surface area contributed by atoms with Gasteiger partial charge in [-0.3, -0.25) is 4.98 Å². The zero-order valence-corrected chi connectivity index (χ0v) is 11.7. The summed E-state index contributed by atoms with van der Waals surface area (Å²) < 4.78 is 5.31. The summed E-state index contributed by atoms with van der Waals surface area (Å²) in [4.78, 5) is 4.34. The van der Waals surface area contributed by atoms with Crippen LogP contribution in [0.4, 0.5) is 0 Å². The van der Waals surface area contributed by atoms with Crippen molar-refractivity contribution in [2.45, 2.75) is 26.3 Å². The molecule has 1 atom stereocenters. The van der Waals surface area contributed by atoms with E-state index in [9.17, 15) is 0 Å². The predicted octanol–water partition coefficient (Wildman–Crippen LogP) is 2.95. The maximum absolute atomic E-state index is 6.26. The van der Waals surface area contributed by atoms with E-state index in [1.807, 2.05) is 12.1 Å². The lowest BCUT2D eigenvalue weighted by Gasteiger charge is -2.15. The highest BCUT2D eigenvalue weighted by atomic mass is 16.5. The molecule has 2 rings (SSSR count). The molecule has 0 saturated carbocycles. The quantitative estimate of drug-likeness (QED) is 0.915. The lowest BCUT2D eigenvalue weighted by Crippen LogP contribution is -2.16. The van der Waals surface area contributed by atoms with Gasteiger partial charge in [-0.25, -0.2) is 0 Å². The van der Waals surface area contributed by atoms with Gasteiger partial charge in [0.15, 0.2) is 0 Å². The third kappa shape index (κ3) is 3.32. The molecule has 0 aliphatic carbocycles. The van der Waals surface area contributed by atoms with Crippen LogP contribution in [0.25, 0.3) is 0 Å². The second-order valence-corrected chi connectivity index (χ2v) is 4.90. The van der Waals surface area contributed by atoms with Crippen molar-refractivity contribution in [1.29, 1.82) is 0 Å². The number of aryl methyl sites for hydroxylation is 2. The smallest absolute Gasteiger partial charge is 0.141 e. The molecule has 3 heteroatoms. The molecule has 0 radical (unpaired) electrons. The van der Waals surface area contributed by atoms with Crippen molar-refractivity contribution >= 4 is 0 Å². The van der Waals surface area contributed by atoms with Gasteiger partial charge in [0.25, 0.3) is 0 Å². The maximum atomic E-state index is 6.26. The number of hydrogen-bond acceptors (Lipinski definition) is 3. The van der Waals surface area contributed by atoms with E-state index in [4.69, 9.17) is 10.5 Å². The highest BCUT2D eigenvalue weighted by molar-refractivity contribution is 5.33. The van der Waals surface area contributed by atoms with Gasteiger partial charge in [-0.2, -0.15) is 0 Å². The van der Waals surface area contributed by atoms with Crippen molar-refractivity contribution in [2.75, 3.05) is 7.11 Å². The molecule has 3 nitrogen and oxygen atoms in total. The van der Waals surface area contributed by atoms with E-state index in [-0.39, 0.29) is 6.04 Å². The molecule has 2 aromatic rings. The van der Waals surface area contributed by atoms with E-state index < -0.39 is 0 Å². The summed E-state index contributed by atoms with van der Waals surface area (Å²) in [5, 5.41) is 0. The Morgan fingerprint density at radius 1 is 1.21 bits per heavy atom. The molecule has 0 fully saturated rings. The van der Waals surface area contributed by atoms with Crippen LogP contribution in [0.15, 0.2) is 36.5 Å². The number of rotatable bonds is 4. The van der Waals surface area contributed by atoms with Crippen LogP contribution in [0.1, 0.15) is 28.4 Å². The first-order valence-corrected chi connectivity index (χ1v) is 6.42. The van der Waals surface area contributed by atoms with Gasteiger partial charge >= 0.3 is 0 Å². The number of benzene rings is 1. The maximum Gasteiger partial charge on any atom is 0.141 e. The molecule has 19 heavy (non-hydrogen) atoms. The summed E-state index contributed by atoms with van der Waals surface area (Å²) in [6, 6.07) is 10.1. The van der Waals surface area contributed by atoms with Crippen molar-refractivity contribution in [2.24, 2.45) is 5.73 Å². The van der Waals surface area contributed by atoms with Crippen LogP contribution in [0.2, 0.25) is 0 Å². The first-order chi connectivity index (χ1) is 9.10. The zero-order chi connectivity index (χ0) is 13.8. The standard InChI is InChI=1S/C16H20N2O/c1-11-7-12(2)9-13(8-11)10-14(17)16-15(19-3)5-4-6-18-16/h4-9,14H,10,17H2,1-3H3.